The van der Waals surface area contributed by atoms with Crippen LogP contribution in [0.5, 0.6) is 0 Å². The van der Waals surface area contributed by atoms with Gasteiger partial charge in [0.2, 0.25) is 0 Å². The lowest BCUT2D eigenvalue weighted by Crippen LogP contribution is -2.46. The Morgan fingerprint density at radius 1 is 1.43 bits per heavy atom. The second kappa shape index (κ2) is 5.69. The zero-order valence-electron chi connectivity index (χ0n) is 9.79. The minimum atomic E-state index is 0.591. The third-order valence-electron chi connectivity index (χ3n) is 3.59. The molecule has 0 amide bonds. The summed E-state index contributed by atoms with van der Waals surface area (Å²) in [5.74, 6) is 1.41. The van der Waals surface area contributed by atoms with E-state index in [9.17, 15) is 0 Å². The van der Waals surface area contributed by atoms with Crippen molar-refractivity contribution in [2.45, 2.75) is 25.8 Å². The van der Waals surface area contributed by atoms with Crippen LogP contribution in [0, 0.1) is 11.8 Å². The zero-order chi connectivity index (χ0) is 10.6. The molecule has 2 unspecified atom stereocenters. The van der Waals surface area contributed by atoms with Crippen LogP contribution in [0.3, 0.4) is 0 Å². The Morgan fingerprint density at radius 3 is 2.43 bits per heavy atom. The Balaban J connectivity index is 2.44. The predicted molar refractivity (Wildman–Crippen MR) is 61.3 cm³/mol. The van der Waals surface area contributed by atoms with Crippen molar-refractivity contribution in [2.24, 2.45) is 17.6 Å². The van der Waals surface area contributed by atoms with E-state index in [1.807, 2.05) is 0 Å². The van der Waals surface area contributed by atoms with Gasteiger partial charge in [0.05, 0.1) is 0 Å². The Bertz CT molecular complexity index is 153. The molecule has 0 radical (unpaired) electrons. The molecule has 1 saturated heterocycles. The largest absolute Gasteiger partial charge is 0.330 e. The number of nitrogens with one attached hydrogen (secondary N) is 1. The Labute approximate surface area is 88.0 Å². The highest BCUT2D eigenvalue weighted by atomic mass is 15.1. The Kier molecular flexibility index (Phi) is 4.85. The van der Waals surface area contributed by atoms with Crippen molar-refractivity contribution in [2.75, 3.05) is 33.7 Å². The van der Waals surface area contributed by atoms with E-state index < -0.39 is 0 Å². The van der Waals surface area contributed by atoms with Crippen LogP contribution >= 0.6 is 0 Å². The van der Waals surface area contributed by atoms with Gasteiger partial charge in [-0.3, -0.25) is 0 Å². The fourth-order valence-electron chi connectivity index (χ4n) is 2.52. The third-order valence-corrected chi connectivity index (χ3v) is 3.59. The number of rotatable bonds is 4. The summed E-state index contributed by atoms with van der Waals surface area (Å²) >= 11 is 0. The van der Waals surface area contributed by atoms with Crippen molar-refractivity contribution in [3.63, 3.8) is 0 Å². The minimum absolute atomic E-state index is 0.591. The molecule has 0 bridgehead atoms. The number of likely N-dealkylation sites (tertiary alicyclic amines) is 1. The number of piperidine rings is 1. The van der Waals surface area contributed by atoms with Crippen LogP contribution in [0.15, 0.2) is 0 Å². The van der Waals surface area contributed by atoms with E-state index in [4.69, 9.17) is 5.73 Å². The smallest absolute Gasteiger partial charge is 0.0131 e. The van der Waals surface area contributed by atoms with Crippen molar-refractivity contribution < 1.29 is 0 Å². The SMILES string of the molecule is CNC(C(C)CN)C1CCN(C)CC1. The quantitative estimate of drug-likeness (QED) is 0.693. The third kappa shape index (κ3) is 2.94. The van der Waals surface area contributed by atoms with E-state index in [0.717, 1.165) is 12.5 Å². The van der Waals surface area contributed by atoms with E-state index in [-0.39, 0.29) is 0 Å². The molecule has 14 heavy (non-hydrogen) atoms. The average Bonchev–Trinajstić information content (AvgIpc) is 2.21. The van der Waals surface area contributed by atoms with Crippen molar-refractivity contribution in [1.29, 1.82) is 0 Å². The van der Waals surface area contributed by atoms with E-state index >= 15 is 0 Å². The second-order valence-corrected chi connectivity index (χ2v) is 4.67. The molecule has 3 N–H and O–H groups in total. The molecular formula is C11H25N3. The highest BCUT2D eigenvalue weighted by Crippen LogP contribution is 2.23. The van der Waals surface area contributed by atoms with Gasteiger partial charge in [0.15, 0.2) is 0 Å². The van der Waals surface area contributed by atoms with Gasteiger partial charge in [-0.05, 0) is 58.4 Å². The first kappa shape index (κ1) is 12.0. The normalized spacial score (nSPS) is 24.9. The van der Waals surface area contributed by atoms with Crippen LogP contribution in [0.25, 0.3) is 0 Å². The van der Waals surface area contributed by atoms with Gasteiger partial charge in [-0.2, -0.15) is 0 Å². The van der Waals surface area contributed by atoms with Gasteiger partial charge < -0.3 is 16.0 Å². The van der Waals surface area contributed by atoms with Crippen LogP contribution in [-0.4, -0.2) is 44.7 Å². The molecule has 0 aromatic carbocycles. The molecule has 0 aromatic rings. The van der Waals surface area contributed by atoms with Crippen molar-refractivity contribution in [3.8, 4) is 0 Å². The van der Waals surface area contributed by atoms with Crippen LogP contribution in [0.2, 0.25) is 0 Å². The van der Waals surface area contributed by atoms with Gasteiger partial charge >= 0.3 is 0 Å². The topological polar surface area (TPSA) is 41.3 Å². The van der Waals surface area contributed by atoms with Crippen molar-refractivity contribution in [3.05, 3.63) is 0 Å². The summed E-state index contributed by atoms with van der Waals surface area (Å²) in [6.45, 7) is 5.51. The predicted octanol–water partition coefficient (Wildman–Crippen LogP) is 0.511. The first-order chi connectivity index (χ1) is 6.69. The number of hydrogen-bond donors (Lipinski definition) is 2. The lowest BCUT2D eigenvalue weighted by atomic mass is 9.83. The van der Waals surface area contributed by atoms with Crippen LogP contribution in [0.1, 0.15) is 19.8 Å². The van der Waals surface area contributed by atoms with Gasteiger partial charge in [0.1, 0.15) is 0 Å². The molecule has 2 atom stereocenters. The molecule has 3 heteroatoms. The van der Waals surface area contributed by atoms with Gasteiger partial charge in [-0.1, -0.05) is 6.92 Å². The summed E-state index contributed by atoms with van der Waals surface area (Å²) in [6, 6.07) is 0.605. The van der Waals surface area contributed by atoms with Gasteiger partial charge in [0.25, 0.3) is 0 Å². The summed E-state index contributed by atoms with van der Waals surface area (Å²) in [7, 11) is 4.27. The van der Waals surface area contributed by atoms with E-state index in [0.29, 0.717) is 12.0 Å². The summed E-state index contributed by atoms with van der Waals surface area (Å²) in [5.41, 5.74) is 5.73. The molecule has 1 aliphatic heterocycles. The average molecular weight is 199 g/mol. The van der Waals surface area contributed by atoms with Crippen LogP contribution < -0.4 is 11.1 Å². The van der Waals surface area contributed by atoms with E-state index in [1.165, 1.54) is 25.9 Å². The molecule has 3 nitrogen and oxygen atoms in total. The lowest BCUT2D eigenvalue weighted by molar-refractivity contribution is 0.164. The van der Waals surface area contributed by atoms with Gasteiger partial charge in [-0.15, -0.1) is 0 Å². The molecule has 1 aliphatic rings. The van der Waals surface area contributed by atoms with E-state index in [2.05, 4.69) is 31.2 Å². The number of hydrogen-bond acceptors (Lipinski definition) is 3. The maximum Gasteiger partial charge on any atom is 0.0131 e. The summed E-state index contributed by atoms with van der Waals surface area (Å²) < 4.78 is 0. The summed E-state index contributed by atoms with van der Waals surface area (Å²) in [4.78, 5) is 2.41. The zero-order valence-corrected chi connectivity index (χ0v) is 9.79. The maximum absolute atomic E-state index is 5.73. The Morgan fingerprint density at radius 2 is 2.00 bits per heavy atom. The van der Waals surface area contributed by atoms with Crippen LogP contribution in [-0.2, 0) is 0 Å². The fraction of sp³-hybridized carbons (Fsp3) is 1.00. The molecule has 0 spiro atoms. The lowest BCUT2D eigenvalue weighted by Gasteiger charge is -2.36. The van der Waals surface area contributed by atoms with Gasteiger partial charge in [-0.25, -0.2) is 0 Å². The van der Waals surface area contributed by atoms with Gasteiger partial charge in [0, 0.05) is 6.04 Å². The number of nitrogens with two attached hydrogens (primary N) is 1. The minimum Gasteiger partial charge on any atom is -0.330 e. The molecule has 0 saturated carbocycles. The highest BCUT2D eigenvalue weighted by molar-refractivity contribution is 4.84. The molecular weight excluding hydrogens is 174 g/mol. The first-order valence-corrected chi connectivity index (χ1v) is 5.75. The van der Waals surface area contributed by atoms with Crippen molar-refractivity contribution >= 4 is 0 Å². The summed E-state index contributed by atoms with van der Waals surface area (Å²) in [5, 5.41) is 3.44. The monoisotopic (exact) mass is 199 g/mol. The molecule has 1 rings (SSSR count). The highest BCUT2D eigenvalue weighted by Gasteiger charge is 2.27. The summed E-state index contributed by atoms with van der Waals surface area (Å²) in [6.07, 6.45) is 2.62. The molecule has 0 aliphatic carbocycles. The van der Waals surface area contributed by atoms with Crippen molar-refractivity contribution in [1.82, 2.24) is 10.2 Å². The molecule has 0 aromatic heterocycles. The standard InChI is InChI=1S/C11H25N3/c1-9(8-12)11(13-2)10-4-6-14(3)7-5-10/h9-11,13H,4-8,12H2,1-3H3. The van der Waals surface area contributed by atoms with Crippen LogP contribution in [0.4, 0.5) is 0 Å². The molecule has 1 heterocycles. The van der Waals surface area contributed by atoms with E-state index in [1.54, 1.807) is 0 Å². The maximum atomic E-state index is 5.73. The number of nitrogens with zero attached hydrogens (tertiary/aromatic N) is 1. The molecule has 1 fully saturated rings. The Hall–Kier alpha value is -0.120. The second-order valence-electron chi connectivity index (χ2n) is 4.67. The molecule has 84 valence electrons. The fourth-order valence-corrected chi connectivity index (χ4v) is 2.52. The first-order valence-electron chi connectivity index (χ1n) is 5.75.